The monoisotopic (exact) mass is 298 g/mol. The Morgan fingerprint density at radius 1 is 1.45 bits per heavy atom. The van der Waals surface area contributed by atoms with Crippen LogP contribution in [0.5, 0.6) is 5.75 Å². The van der Waals surface area contributed by atoms with E-state index < -0.39 is 10.0 Å². The maximum atomic E-state index is 12.7. The van der Waals surface area contributed by atoms with Gasteiger partial charge in [-0.25, -0.2) is 8.42 Å². The Balaban J connectivity index is 2.32. The van der Waals surface area contributed by atoms with E-state index in [0.717, 1.165) is 18.4 Å². The lowest BCUT2D eigenvalue weighted by atomic mass is 10.2. The third-order valence-corrected chi connectivity index (χ3v) is 5.68. The number of methoxy groups -OCH3 is 1. The average Bonchev–Trinajstić information content (AvgIpc) is 2.88. The predicted octanol–water partition coefficient (Wildman–Crippen LogP) is 1.38. The summed E-state index contributed by atoms with van der Waals surface area (Å²) in [5, 5.41) is 3.07. The van der Waals surface area contributed by atoms with Crippen molar-refractivity contribution in [1.82, 2.24) is 9.62 Å². The molecule has 0 saturated carbocycles. The number of benzene rings is 1. The van der Waals surface area contributed by atoms with Crippen LogP contribution in [0.2, 0.25) is 0 Å². The van der Waals surface area contributed by atoms with E-state index in [4.69, 9.17) is 4.74 Å². The summed E-state index contributed by atoms with van der Waals surface area (Å²) in [5.74, 6) is 0.706. The van der Waals surface area contributed by atoms with E-state index in [2.05, 4.69) is 5.32 Å². The fourth-order valence-corrected chi connectivity index (χ4v) is 4.49. The van der Waals surface area contributed by atoms with Gasteiger partial charge in [-0.1, -0.05) is 0 Å². The SMILES string of the molecule is CNC[C@H]1CCCN1S(=O)(=O)c1ccc(OC)c(C)c1. The van der Waals surface area contributed by atoms with Crippen LogP contribution in [0.4, 0.5) is 0 Å². The molecule has 20 heavy (non-hydrogen) atoms. The molecule has 6 heteroatoms. The van der Waals surface area contributed by atoms with Gasteiger partial charge in [0.1, 0.15) is 5.75 Å². The molecular weight excluding hydrogens is 276 g/mol. The molecule has 1 N–H and O–H groups in total. The molecule has 0 amide bonds. The van der Waals surface area contributed by atoms with Crippen LogP contribution in [0.1, 0.15) is 18.4 Å². The molecule has 2 rings (SSSR count). The average molecular weight is 298 g/mol. The van der Waals surface area contributed by atoms with Gasteiger partial charge in [0.05, 0.1) is 12.0 Å². The van der Waals surface area contributed by atoms with Crippen molar-refractivity contribution in [3.05, 3.63) is 23.8 Å². The van der Waals surface area contributed by atoms with Gasteiger partial charge >= 0.3 is 0 Å². The first-order valence-electron chi connectivity index (χ1n) is 6.81. The lowest BCUT2D eigenvalue weighted by Gasteiger charge is -2.24. The number of sulfonamides is 1. The highest BCUT2D eigenvalue weighted by molar-refractivity contribution is 7.89. The minimum absolute atomic E-state index is 0.0485. The Hall–Kier alpha value is -1.11. The van der Waals surface area contributed by atoms with E-state index in [1.807, 2.05) is 14.0 Å². The van der Waals surface area contributed by atoms with Gasteiger partial charge in [0.25, 0.3) is 0 Å². The van der Waals surface area contributed by atoms with Crippen LogP contribution in [0, 0.1) is 6.92 Å². The van der Waals surface area contributed by atoms with Crippen molar-refractivity contribution in [2.24, 2.45) is 0 Å². The number of hydrogen-bond acceptors (Lipinski definition) is 4. The van der Waals surface area contributed by atoms with Crippen molar-refractivity contribution >= 4 is 10.0 Å². The van der Waals surface area contributed by atoms with Gasteiger partial charge in [-0.15, -0.1) is 0 Å². The largest absolute Gasteiger partial charge is 0.496 e. The van der Waals surface area contributed by atoms with Gasteiger partial charge in [-0.3, -0.25) is 0 Å². The first-order valence-corrected chi connectivity index (χ1v) is 8.25. The fraction of sp³-hybridized carbons (Fsp3) is 0.571. The summed E-state index contributed by atoms with van der Waals surface area (Å²) in [6, 6.07) is 5.07. The topological polar surface area (TPSA) is 58.6 Å². The molecule has 1 aliphatic rings. The molecule has 1 atom stereocenters. The predicted molar refractivity (Wildman–Crippen MR) is 78.6 cm³/mol. The maximum absolute atomic E-state index is 12.7. The van der Waals surface area contributed by atoms with Crippen LogP contribution >= 0.6 is 0 Å². The summed E-state index contributed by atoms with van der Waals surface area (Å²) in [7, 11) is 0.0114. The lowest BCUT2D eigenvalue weighted by molar-refractivity contribution is 0.379. The molecule has 1 fully saturated rings. The van der Waals surface area contributed by atoms with Crippen molar-refractivity contribution in [1.29, 1.82) is 0 Å². The molecule has 0 bridgehead atoms. The summed E-state index contributed by atoms with van der Waals surface area (Å²) in [5.41, 5.74) is 0.831. The lowest BCUT2D eigenvalue weighted by Crippen LogP contribution is -2.40. The molecular formula is C14H22N2O3S. The highest BCUT2D eigenvalue weighted by Gasteiger charge is 2.34. The summed E-state index contributed by atoms with van der Waals surface area (Å²) < 4.78 is 32.3. The molecule has 0 aliphatic carbocycles. The molecule has 1 saturated heterocycles. The van der Waals surface area contributed by atoms with Crippen molar-refractivity contribution in [3.63, 3.8) is 0 Å². The summed E-state index contributed by atoms with van der Waals surface area (Å²) in [4.78, 5) is 0.346. The van der Waals surface area contributed by atoms with Crippen LogP contribution in [-0.4, -0.2) is 46.0 Å². The molecule has 1 aromatic carbocycles. The molecule has 1 aliphatic heterocycles. The van der Waals surface area contributed by atoms with Gasteiger partial charge in [0.2, 0.25) is 10.0 Å². The minimum atomic E-state index is -3.42. The van der Waals surface area contributed by atoms with Gasteiger partial charge in [-0.05, 0) is 50.6 Å². The number of ether oxygens (including phenoxy) is 1. The second-order valence-corrected chi connectivity index (χ2v) is 6.99. The standard InChI is InChI=1S/C14H22N2O3S/c1-11-9-13(6-7-14(11)19-3)20(17,18)16-8-4-5-12(16)10-15-2/h6-7,9,12,15H,4-5,8,10H2,1-3H3/t12-/m1/s1. The molecule has 0 spiro atoms. The van der Waals surface area contributed by atoms with Crippen molar-refractivity contribution in [2.45, 2.75) is 30.7 Å². The molecule has 1 aromatic rings. The number of aryl methyl sites for hydroxylation is 1. The van der Waals surface area contributed by atoms with E-state index in [9.17, 15) is 8.42 Å². The number of hydrogen-bond donors (Lipinski definition) is 1. The minimum Gasteiger partial charge on any atom is -0.496 e. The molecule has 0 aromatic heterocycles. The second-order valence-electron chi connectivity index (χ2n) is 5.10. The molecule has 112 valence electrons. The van der Waals surface area contributed by atoms with E-state index in [1.54, 1.807) is 29.6 Å². The Labute approximate surface area is 121 Å². The Morgan fingerprint density at radius 3 is 2.80 bits per heavy atom. The van der Waals surface area contributed by atoms with Crippen LogP contribution in [0.15, 0.2) is 23.1 Å². The van der Waals surface area contributed by atoms with Crippen molar-refractivity contribution in [2.75, 3.05) is 27.2 Å². The Bertz CT molecular complexity index is 572. The first-order chi connectivity index (χ1) is 9.50. The zero-order chi connectivity index (χ0) is 14.8. The van der Waals surface area contributed by atoms with Crippen LogP contribution in [0.25, 0.3) is 0 Å². The fourth-order valence-electron chi connectivity index (χ4n) is 2.71. The Kier molecular flexibility index (Phi) is 4.67. The number of likely N-dealkylation sites (N-methyl/N-ethyl adjacent to an activating group) is 1. The highest BCUT2D eigenvalue weighted by atomic mass is 32.2. The van der Waals surface area contributed by atoms with E-state index in [1.165, 1.54) is 0 Å². The quantitative estimate of drug-likeness (QED) is 0.892. The van der Waals surface area contributed by atoms with Gasteiger partial charge in [0.15, 0.2) is 0 Å². The molecule has 1 heterocycles. The van der Waals surface area contributed by atoms with Gasteiger partial charge in [-0.2, -0.15) is 4.31 Å². The van der Waals surface area contributed by atoms with Gasteiger partial charge in [0, 0.05) is 19.1 Å². The zero-order valence-electron chi connectivity index (χ0n) is 12.2. The van der Waals surface area contributed by atoms with E-state index in [-0.39, 0.29) is 6.04 Å². The van der Waals surface area contributed by atoms with E-state index in [0.29, 0.717) is 23.7 Å². The summed E-state index contributed by atoms with van der Waals surface area (Å²) in [6.07, 6.45) is 1.83. The first kappa shape index (κ1) is 15.3. The molecule has 0 radical (unpaired) electrons. The van der Waals surface area contributed by atoms with E-state index >= 15 is 0 Å². The van der Waals surface area contributed by atoms with Gasteiger partial charge < -0.3 is 10.1 Å². The van der Waals surface area contributed by atoms with Crippen LogP contribution in [-0.2, 0) is 10.0 Å². The number of nitrogens with zero attached hydrogens (tertiary/aromatic N) is 1. The maximum Gasteiger partial charge on any atom is 0.243 e. The Morgan fingerprint density at radius 2 is 2.20 bits per heavy atom. The summed E-state index contributed by atoms with van der Waals surface area (Å²) in [6.45, 7) is 3.14. The van der Waals surface area contributed by atoms with Crippen LogP contribution < -0.4 is 10.1 Å². The summed E-state index contributed by atoms with van der Waals surface area (Å²) >= 11 is 0. The number of nitrogens with one attached hydrogen (secondary N) is 1. The molecule has 0 unspecified atom stereocenters. The smallest absolute Gasteiger partial charge is 0.243 e. The van der Waals surface area contributed by atoms with Crippen LogP contribution in [0.3, 0.4) is 0 Å². The van der Waals surface area contributed by atoms with Crippen molar-refractivity contribution < 1.29 is 13.2 Å². The number of rotatable bonds is 5. The highest BCUT2D eigenvalue weighted by Crippen LogP contribution is 2.28. The third-order valence-electron chi connectivity index (χ3n) is 3.74. The normalized spacial score (nSPS) is 20.2. The van der Waals surface area contributed by atoms with Crippen molar-refractivity contribution in [3.8, 4) is 5.75 Å². The molecule has 5 nitrogen and oxygen atoms in total. The zero-order valence-corrected chi connectivity index (χ0v) is 13.0. The third kappa shape index (κ3) is 2.82. The second kappa shape index (κ2) is 6.11.